The normalized spacial score (nSPS) is 11.6. The Hall–Kier alpha value is -1.51. The Morgan fingerprint density at radius 3 is 2.67 bits per heavy atom. The fourth-order valence-corrected chi connectivity index (χ4v) is 1.43. The van der Waals surface area contributed by atoms with Gasteiger partial charge < -0.3 is 21.3 Å². The molecule has 0 spiro atoms. The highest BCUT2D eigenvalue weighted by Crippen LogP contribution is 2.08. The van der Waals surface area contributed by atoms with E-state index in [2.05, 4.69) is 15.6 Å². The standard InChI is InChI=1S/C10H19N5O3/c1-2-10(6-16,7-17)12-9(18)5-15-4-8(3-11)13-14-15/h4,16-17H,2-3,5-7,11H2,1H3,(H,12,18). The smallest absolute Gasteiger partial charge is 0.242 e. The topological polar surface area (TPSA) is 126 Å². The van der Waals surface area contributed by atoms with E-state index >= 15 is 0 Å². The molecule has 102 valence electrons. The molecule has 1 aromatic rings. The first-order valence-electron chi connectivity index (χ1n) is 5.71. The first kappa shape index (κ1) is 14.6. The molecule has 18 heavy (non-hydrogen) atoms. The fraction of sp³-hybridized carbons (Fsp3) is 0.700. The largest absolute Gasteiger partial charge is 0.394 e. The van der Waals surface area contributed by atoms with E-state index in [1.54, 1.807) is 13.1 Å². The molecule has 0 radical (unpaired) electrons. The second-order valence-electron chi connectivity index (χ2n) is 4.11. The van der Waals surface area contributed by atoms with E-state index in [1.807, 2.05) is 0 Å². The lowest BCUT2D eigenvalue weighted by Gasteiger charge is -2.29. The Morgan fingerprint density at radius 2 is 2.22 bits per heavy atom. The lowest BCUT2D eigenvalue weighted by molar-refractivity contribution is -0.125. The number of carbonyl (C=O) groups is 1. The van der Waals surface area contributed by atoms with Crippen molar-refractivity contribution in [2.24, 2.45) is 5.73 Å². The Kier molecular flexibility index (Phi) is 5.20. The maximum atomic E-state index is 11.7. The summed E-state index contributed by atoms with van der Waals surface area (Å²) in [7, 11) is 0. The van der Waals surface area contributed by atoms with Crippen molar-refractivity contribution in [3.05, 3.63) is 11.9 Å². The molecule has 0 saturated carbocycles. The highest BCUT2D eigenvalue weighted by Gasteiger charge is 2.28. The SMILES string of the molecule is CCC(CO)(CO)NC(=O)Cn1cc(CN)nn1. The number of hydrogen-bond acceptors (Lipinski definition) is 6. The first-order chi connectivity index (χ1) is 8.59. The zero-order chi connectivity index (χ0) is 13.6. The van der Waals surface area contributed by atoms with Crippen molar-refractivity contribution in [1.29, 1.82) is 0 Å². The van der Waals surface area contributed by atoms with Crippen LogP contribution in [-0.2, 0) is 17.9 Å². The molecule has 0 saturated heterocycles. The van der Waals surface area contributed by atoms with Gasteiger partial charge in [-0.1, -0.05) is 12.1 Å². The number of hydrogen-bond donors (Lipinski definition) is 4. The second kappa shape index (κ2) is 6.43. The third-order valence-electron chi connectivity index (χ3n) is 2.79. The number of nitrogens with zero attached hydrogens (tertiary/aromatic N) is 3. The van der Waals surface area contributed by atoms with Crippen molar-refractivity contribution >= 4 is 5.91 Å². The highest BCUT2D eigenvalue weighted by molar-refractivity contribution is 5.76. The third kappa shape index (κ3) is 3.49. The van der Waals surface area contributed by atoms with E-state index in [9.17, 15) is 15.0 Å². The zero-order valence-corrected chi connectivity index (χ0v) is 10.3. The Morgan fingerprint density at radius 1 is 1.56 bits per heavy atom. The van der Waals surface area contributed by atoms with Crippen LogP contribution in [0.4, 0.5) is 0 Å². The number of aliphatic hydroxyl groups is 2. The molecule has 0 aromatic carbocycles. The molecule has 0 bridgehead atoms. The van der Waals surface area contributed by atoms with E-state index < -0.39 is 5.54 Å². The van der Waals surface area contributed by atoms with Gasteiger partial charge in [0.25, 0.3) is 0 Å². The lowest BCUT2D eigenvalue weighted by Crippen LogP contribution is -2.54. The molecule has 0 aliphatic carbocycles. The Labute approximate surface area is 105 Å². The molecule has 8 heteroatoms. The number of aliphatic hydroxyl groups excluding tert-OH is 2. The van der Waals surface area contributed by atoms with E-state index in [1.165, 1.54) is 4.68 Å². The zero-order valence-electron chi connectivity index (χ0n) is 10.3. The molecule has 8 nitrogen and oxygen atoms in total. The summed E-state index contributed by atoms with van der Waals surface area (Å²) in [6.07, 6.45) is 2.00. The van der Waals surface area contributed by atoms with Crippen LogP contribution < -0.4 is 11.1 Å². The van der Waals surface area contributed by atoms with Crippen LogP contribution in [-0.4, -0.2) is 49.9 Å². The number of aromatic nitrogens is 3. The molecule has 1 aromatic heterocycles. The minimum Gasteiger partial charge on any atom is -0.394 e. The molecule has 0 fully saturated rings. The van der Waals surface area contributed by atoms with Crippen LogP contribution in [0.2, 0.25) is 0 Å². The molecule has 1 rings (SSSR count). The molecule has 0 atom stereocenters. The lowest BCUT2D eigenvalue weighted by atomic mass is 9.98. The van der Waals surface area contributed by atoms with Gasteiger partial charge in [0, 0.05) is 6.54 Å². The number of amides is 1. The van der Waals surface area contributed by atoms with Gasteiger partial charge in [-0.3, -0.25) is 4.79 Å². The van der Waals surface area contributed by atoms with Gasteiger partial charge in [0.2, 0.25) is 5.91 Å². The van der Waals surface area contributed by atoms with Crippen LogP contribution in [0.15, 0.2) is 6.20 Å². The number of rotatable bonds is 7. The molecule has 0 aliphatic heterocycles. The minimum absolute atomic E-state index is 0.0330. The van der Waals surface area contributed by atoms with Gasteiger partial charge in [0.05, 0.1) is 30.6 Å². The van der Waals surface area contributed by atoms with Crippen LogP contribution in [0.5, 0.6) is 0 Å². The Balaban J connectivity index is 2.60. The van der Waals surface area contributed by atoms with E-state index in [0.717, 1.165) is 0 Å². The van der Waals surface area contributed by atoms with Crippen LogP contribution in [0.25, 0.3) is 0 Å². The summed E-state index contributed by atoms with van der Waals surface area (Å²) >= 11 is 0. The predicted molar refractivity (Wildman–Crippen MR) is 63.2 cm³/mol. The van der Waals surface area contributed by atoms with Crippen molar-refractivity contribution in [2.75, 3.05) is 13.2 Å². The van der Waals surface area contributed by atoms with Gasteiger partial charge in [0.1, 0.15) is 6.54 Å². The van der Waals surface area contributed by atoms with Gasteiger partial charge >= 0.3 is 0 Å². The Bertz CT molecular complexity index is 380. The average molecular weight is 257 g/mol. The summed E-state index contributed by atoms with van der Waals surface area (Å²) < 4.78 is 1.35. The monoisotopic (exact) mass is 257 g/mol. The van der Waals surface area contributed by atoms with E-state index in [4.69, 9.17) is 5.73 Å². The predicted octanol–water partition coefficient (Wildman–Crippen LogP) is -2.01. The number of nitrogens with two attached hydrogens (primary N) is 1. The number of carbonyl (C=O) groups excluding carboxylic acids is 1. The summed E-state index contributed by atoms with van der Waals surface area (Å²) in [5, 5.41) is 28.5. The van der Waals surface area contributed by atoms with Crippen molar-refractivity contribution in [3.8, 4) is 0 Å². The van der Waals surface area contributed by atoms with Gasteiger partial charge in [-0.05, 0) is 6.42 Å². The molecular formula is C10H19N5O3. The molecule has 1 heterocycles. The summed E-state index contributed by atoms with van der Waals surface area (Å²) in [5.74, 6) is -0.353. The van der Waals surface area contributed by atoms with Crippen molar-refractivity contribution in [2.45, 2.75) is 32.0 Å². The first-order valence-corrected chi connectivity index (χ1v) is 5.71. The molecular weight excluding hydrogens is 238 g/mol. The molecule has 0 unspecified atom stereocenters. The summed E-state index contributed by atoms with van der Waals surface area (Å²) in [4.78, 5) is 11.7. The summed E-state index contributed by atoms with van der Waals surface area (Å²) in [6.45, 7) is 1.35. The van der Waals surface area contributed by atoms with Crippen LogP contribution in [0.3, 0.4) is 0 Å². The molecule has 0 aliphatic rings. The summed E-state index contributed by atoms with van der Waals surface area (Å²) in [6, 6.07) is 0. The van der Waals surface area contributed by atoms with Crippen molar-refractivity contribution in [1.82, 2.24) is 20.3 Å². The minimum atomic E-state index is -0.992. The highest BCUT2D eigenvalue weighted by atomic mass is 16.3. The van der Waals surface area contributed by atoms with Crippen LogP contribution in [0.1, 0.15) is 19.0 Å². The average Bonchev–Trinajstić information content (AvgIpc) is 2.83. The van der Waals surface area contributed by atoms with Crippen LogP contribution in [0, 0.1) is 0 Å². The maximum Gasteiger partial charge on any atom is 0.242 e. The van der Waals surface area contributed by atoms with Crippen molar-refractivity contribution in [3.63, 3.8) is 0 Å². The second-order valence-corrected chi connectivity index (χ2v) is 4.11. The number of nitrogens with one attached hydrogen (secondary N) is 1. The maximum absolute atomic E-state index is 11.7. The fourth-order valence-electron chi connectivity index (χ4n) is 1.43. The quantitative estimate of drug-likeness (QED) is 0.447. The van der Waals surface area contributed by atoms with Crippen molar-refractivity contribution < 1.29 is 15.0 Å². The molecule has 1 amide bonds. The molecule has 5 N–H and O–H groups in total. The van der Waals surface area contributed by atoms with Gasteiger partial charge in [-0.15, -0.1) is 5.10 Å². The van der Waals surface area contributed by atoms with Gasteiger partial charge in [0.15, 0.2) is 0 Å². The summed E-state index contributed by atoms with van der Waals surface area (Å²) in [5.41, 5.74) is 4.98. The third-order valence-corrected chi connectivity index (χ3v) is 2.79. The van der Waals surface area contributed by atoms with E-state index in [0.29, 0.717) is 12.1 Å². The van der Waals surface area contributed by atoms with Gasteiger partial charge in [-0.2, -0.15) is 0 Å². The van der Waals surface area contributed by atoms with E-state index in [-0.39, 0.29) is 32.2 Å². The van der Waals surface area contributed by atoms with Gasteiger partial charge in [-0.25, -0.2) is 4.68 Å². The van der Waals surface area contributed by atoms with Crippen LogP contribution >= 0.6 is 0 Å².